The maximum atomic E-state index is 11.0. The third-order valence-corrected chi connectivity index (χ3v) is 3.31. The number of nitriles is 1. The average molecular weight is 304 g/mol. The van der Waals surface area contributed by atoms with Gasteiger partial charge in [0, 0.05) is 11.6 Å². The summed E-state index contributed by atoms with van der Waals surface area (Å²) in [4.78, 5) is 11.0. The van der Waals surface area contributed by atoms with Gasteiger partial charge >= 0.3 is 0 Å². The molecule has 2 rings (SSSR count). The molecule has 8 heteroatoms. The van der Waals surface area contributed by atoms with Gasteiger partial charge < -0.3 is 14.8 Å². The van der Waals surface area contributed by atoms with E-state index in [1.54, 1.807) is 25.3 Å². The summed E-state index contributed by atoms with van der Waals surface area (Å²) in [6.45, 7) is -0.0750. The smallest absolute Gasteiger partial charge is 0.236 e. The van der Waals surface area contributed by atoms with Gasteiger partial charge in [-0.1, -0.05) is 11.8 Å². The lowest BCUT2D eigenvalue weighted by Gasteiger charge is -2.07. The molecule has 1 aromatic carbocycles. The minimum atomic E-state index is -0.0866. The van der Waals surface area contributed by atoms with E-state index in [1.807, 2.05) is 6.07 Å². The quantitative estimate of drug-likeness (QED) is 0.650. The Balaban J connectivity index is 2.14. The molecule has 0 unspecified atom stereocenters. The Bertz CT molecular complexity index is 637. The third kappa shape index (κ3) is 4.22. The number of rotatable bonds is 5. The molecule has 1 aromatic rings. The van der Waals surface area contributed by atoms with Gasteiger partial charge in [0.1, 0.15) is 17.6 Å². The van der Waals surface area contributed by atoms with Gasteiger partial charge in [0.05, 0.1) is 19.1 Å². The van der Waals surface area contributed by atoms with Gasteiger partial charge in [0.2, 0.25) is 5.91 Å². The van der Waals surface area contributed by atoms with Crippen LogP contribution < -0.4 is 14.8 Å². The molecule has 0 aromatic heterocycles. The monoisotopic (exact) mass is 304 g/mol. The zero-order chi connectivity index (χ0) is 15.1. The number of nitrogens with zero attached hydrogens (tertiary/aromatic N) is 3. The Morgan fingerprint density at radius 1 is 1.57 bits per heavy atom. The van der Waals surface area contributed by atoms with E-state index < -0.39 is 0 Å². The van der Waals surface area contributed by atoms with E-state index in [0.29, 0.717) is 28.0 Å². The molecule has 1 heterocycles. The van der Waals surface area contributed by atoms with Gasteiger partial charge in [0.15, 0.2) is 11.8 Å². The van der Waals surface area contributed by atoms with Crippen molar-refractivity contribution in [1.29, 1.82) is 5.26 Å². The molecular formula is C13H12N4O3S. The molecule has 1 saturated heterocycles. The summed E-state index contributed by atoms with van der Waals surface area (Å²) in [6.07, 6.45) is 1.49. The highest BCUT2D eigenvalue weighted by Gasteiger charge is 2.15. The molecule has 0 bridgehead atoms. The number of carbonyl (C=O) groups is 1. The van der Waals surface area contributed by atoms with Crippen LogP contribution in [0.4, 0.5) is 0 Å². The molecule has 0 atom stereocenters. The first-order valence-electron chi connectivity index (χ1n) is 5.94. The summed E-state index contributed by atoms with van der Waals surface area (Å²) in [7, 11) is 1.54. The van der Waals surface area contributed by atoms with Gasteiger partial charge in [-0.15, -0.1) is 5.10 Å². The van der Waals surface area contributed by atoms with E-state index in [9.17, 15) is 4.79 Å². The zero-order valence-corrected chi connectivity index (χ0v) is 12.0. The van der Waals surface area contributed by atoms with E-state index in [4.69, 9.17) is 14.7 Å². The van der Waals surface area contributed by atoms with Gasteiger partial charge in [-0.2, -0.15) is 10.4 Å². The van der Waals surface area contributed by atoms with Gasteiger partial charge in [-0.25, -0.2) is 0 Å². The van der Waals surface area contributed by atoms with Crippen molar-refractivity contribution in [1.82, 2.24) is 5.32 Å². The first-order valence-corrected chi connectivity index (χ1v) is 6.93. The molecule has 0 spiro atoms. The number of ether oxygens (including phenoxy) is 2. The van der Waals surface area contributed by atoms with E-state index in [1.165, 1.54) is 18.0 Å². The van der Waals surface area contributed by atoms with Crippen LogP contribution in [0.3, 0.4) is 0 Å². The maximum Gasteiger partial charge on any atom is 0.236 e. The van der Waals surface area contributed by atoms with Gasteiger partial charge in [-0.05, 0) is 12.1 Å². The lowest BCUT2D eigenvalue weighted by atomic mass is 10.2. The van der Waals surface area contributed by atoms with Crippen molar-refractivity contribution in [3.63, 3.8) is 0 Å². The van der Waals surface area contributed by atoms with Crippen molar-refractivity contribution in [3.05, 3.63) is 23.8 Å². The summed E-state index contributed by atoms with van der Waals surface area (Å²) in [5.74, 6) is 1.36. The number of benzene rings is 1. The molecule has 0 radical (unpaired) electrons. The van der Waals surface area contributed by atoms with Crippen LogP contribution in [0, 0.1) is 11.3 Å². The number of thioether (sulfide) groups is 1. The Hall–Kier alpha value is -2.53. The number of hydrogen-bond donors (Lipinski definition) is 1. The summed E-state index contributed by atoms with van der Waals surface area (Å²) in [5.41, 5.74) is 0.657. The topological polar surface area (TPSA) is 96.1 Å². The summed E-state index contributed by atoms with van der Waals surface area (Å²) < 4.78 is 10.4. The van der Waals surface area contributed by atoms with Crippen LogP contribution in [-0.4, -0.2) is 36.8 Å². The first-order chi connectivity index (χ1) is 10.2. The van der Waals surface area contributed by atoms with E-state index in [2.05, 4.69) is 15.5 Å². The van der Waals surface area contributed by atoms with Crippen LogP contribution in [0.25, 0.3) is 0 Å². The summed E-state index contributed by atoms with van der Waals surface area (Å²) in [5, 5.41) is 19.4. The number of nitrogens with one attached hydrogen (secondary N) is 1. The minimum Gasteiger partial charge on any atom is -0.497 e. The molecular weight excluding hydrogens is 292 g/mol. The number of amides is 1. The highest BCUT2D eigenvalue weighted by atomic mass is 32.2. The van der Waals surface area contributed by atoms with E-state index >= 15 is 0 Å². The molecule has 1 amide bonds. The molecule has 1 fully saturated rings. The molecule has 0 aliphatic carbocycles. The van der Waals surface area contributed by atoms with Crippen molar-refractivity contribution >= 4 is 29.1 Å². The fraction of sp³-hybridized carbons (Fsp3) is 0.231. The fourth-order valence-electron chi connectivity index (χ4n) is 1.51. The van der Waals surface area contributed by atoms with Crippen LogP contribution in [0.2, 0.25) is 0 Å². The maximum absolute atomic E-state index is 11.0. The van der Waals surface area contributed by atoms with Crippen LogP contribution >= 0.6 is 11.8 Å². The average Bonchev–Trinajstić information content (AvgIpc) is 2.91. The Labute approximate surface area is 125 Å². The van der Waals surface area contributed by atoms with Crippen LogP contribution in [0.5, 0.6) is 11.5 Å². The lowest BCUT2D eigenvalue weighted by Crippen LogP contribution is -2.19. The van der Waals surface area contributed by atoms with E-state index in [0.717, 1.165) is 0 Å². The molecule has 1 aliphatic heterocycles. The van der Waals surface area contributed by atoms with Crippen molar-refractivity contribution < 1.29 is 14.3 Å². The number of carbonyl (C=O) groups excluding carboxylic acids is 1. The van der Waals surface area contributed by atoms with E-state index in [-0.39, 0.29) is 12.5 Å². The van der Waals surface area contributed by atoms with Gasteiger partial charge in [0.25, 0.3) is 0 Å². The highest BCUT2D eigenvalue weighted by Crippen LogP contribution is 2.23. The second kappa shape index (κ2) is 7.31. The fourth-order valence-corrected chi connectivity index (χ4v) is 2.14. The van der Waals surface area contributed by atoms with Crippen LogP contribution in [0.15, 0.2) is 28.4 Å². The second-order valence-electron chi connectivity index (χ2n) is 3.84. The molecule has 1 N–H and O–H groups in total. The zero-order valence-electron chi connectivity index (χ0n) is 11.2. The number of amidine groups is 1. The van der Waals surface area contributed by atoms with Crippen molar-refractivity contribution in [2.75, 3.05) is 19.5 Å². The van der Waals surface area contributed by atoms with Gasteiger partial charge in [-0.3, -0.25) is 4.79 Å². The molecule has 1 aliphatic rings. The first kappa shape index (κ1) is 14.9. The number of hydrogen-bond acceptors (Lipinski definition) is 7. The minimum absolute atomic E-state index is 0.0750. The lowest BCUT2D eigenvalue weighted by molar-refractivity contribution is -0.116. The molecule has 108 valence electrons. The third-order valence-electron chi connectivity index (χ3n) is 2.44. The van der Waals surface area contributed by atoms with Crippen molar-refractivity contribution in [3.8, 4) is 17.6 Å². The predicted molar refractivity (Wildman–Crippen MR) is 79.7 cm³/mol. The largest absolute Gasteiger partial charge is 0.497 e. The Morgan fingerprint density at radius 2 is 2.43 bits per heavy atom. The second-order valence-corrected chi connectivity index (χ2v) is 4.80. The van der Waals surface area contributed by atoms with Crippen molar-refractivity contribution in [2.24, 2.45) is 10.2 Å². The number of methoxy groups -OCH3 is 1. The standard InChI is InChI=1S/C13H12N4O3S/c1-19-10-3-2-9(11(6-10)20-5-4-14)7-15-17-13-16-12(18)8-21-13/h2-3,6-7H,5,8H2,1H3,(H,16,17,18). The molecule has 7 nitrogen and oxygen atoms in total. The highest BCUT2D eigenvalue weighted by molar-refractivity contribution is 8.15. The normalized spacial score (nSPS) is 16.0. The Kier molecular flexibility index (Phi) is 5.17. The van der Waals surface area contributed by atoms with Crippen molar-refractivity contribution in [2.45, 2.75) is 0 Å². The predicted octanol–water partition coefficient (Wildman–Crippen LogP) is 1.15. The SMILES string of the molecule is COc1ccc(C=NN=C2NC(=O)CS2)c(OCC#N)c1. The molecule has 21 heavy (non-hydrogen) atoms. The Morgan fingerprint density at radius 3 is 3.10 bits per heavy atom. The molecule has 0 saturated carbocycles. The summed E-state index contributed by atoms with van der Waals surface area (Å²) in [6, 6.07) is 7.06. The summed E-state index contributed by atoms with van der Waals surface area (Å²) >= 11 is 1.29. The van der Waals surface area contributed by atoms with Crippen LogP contribution in [0.1, 0.15) is 5.56 Å². The van der Waals surface area contributed by atoms with Crippen LogP contribution in [-0.2, 0) is 4.79 Å².